The van der Waals surface area contributed by atoms with Crippen LogP contribution in [-0.2, 0) is 32.0 Å². The highest BCUT2D eigenvalue weighted by atomic mass is 32.1. The first-order valence-electron chi connectivity index (χ1n) is 13.9. The van der Waals surface area contributed by atoms with Crippen molar-refractivity contribution in [2.45, 2.75) is 50.6 Å². The quantitative estimate of drug-likeness (QED) is 0.205. The van der Waals surface area contributed by atoms with E-state index >= 15 is 0 Å². The second-order valence-corrected chi connectivity index (χ2v) is 10.9. The van der Waals surface area contributed by atoms with Crippen LogP contribution < -0.4 is 16.0 Å². The maximum Gasteiger partial charge on any atom is 0.326 e. The minimum atomic E-state index is -1.19. The Labute approximate surface area is 255 Å². The molecule has 3 aromatic rings. The first-order valence-corrected chi connectivity index (χ1v) is 14.3. The van der Waals surface area contributed by atoms with Gasteiger partial charge in [0, 0.05) is 43.6 Å². The number of anilines is 2. The van der Waals surface area contributed by atoms with Crippen LogP contribution >= 0.6 is 12.2 Å². The number of thiocarbonyl (C=S) groups is 1. The fourth-order valence-electron chi connectivity index (χ4n) is 5.12. The predicted octanol–water partition coefficient (Wildman–Crippen LogP) is 4.03. The van der Waals surface area contributed by atoms with Gasteiger partial charge in [-0.15, -0.1) is 0 Å². The van der Waals surface area contributed by atoms with E-state index in [1.54, 1.807) is 24.3 Å². The zero-order chi connectivity index (χ0) is 30.9. The molecular weight excluding hydrogens is 568 g/mol. The van der Waals surface area contributed by atoms with Crippen molar-refractivity contribution in [2.24, 2.45) is 0 Å². The number of amides is 2. The second kappa shape index (κ2) is 14.4. The van der Waals surface area contributed by atoms with Crippen molar-refractivity contribution in [1.29, 1.82) is 0 Å². The number of nitrogens with zero attached hydrogens (tertiary/aromatic N) is 1. The number of hydrogen-bond acceptors (Lipinski definition) is 5. The summed E-state index contributed by atoms with van der Waals surface area (Å²) in [5.41, 5.74) is 4.12. The highest BCUT2D eigenvalue weighted by molar-refractivity contribution is 7.80. The summed E-state index contributed by atoms with van der Waals surface area (Å²) in [5, 5.41) is 28.0. The Morgan fingerprint density at radius 1 is 0.884 bits per heavy atom. The lowest BCUT2D eigenvalue weighted by Gasteiger charge is -2.24. The van der Waals surface area contributed by atoms with Gasteiger partial charge < -0.3 is 31.1 Å². The van der Waals surface area contributed by atoms with Crippen LogP contribution in [0.2, 0.25) is 0 Å². The molecule has 0 aromatic heterocycles. The number of hydrogen-bond donors (Lipinski definition) is 5. The molecule has 0 bridgehead atoms. The third-order valence-electron chi connectivity index (χ3n) is 7.38. The molecule has 224 valence electrons. The van der Waals surface area contributed by atoms with Gasteiger partial charge in [0.1, 0.15) is 12.1 Å². The van der Waals surface area contributed by atoms with E-state index in [0.717, 1.165) is 22.5 Å². The van der Waals surface area contributed by atoms with Crippen molar-refractivity contribution in [3.05, 3.63) is 95.6 Å². The number of carbonyl (C=O) groups is 4. The molecule has 5 N–H and O–H groups in total. The van der Waals surface area contributed by atoms with E-state index in [4.69, 9.17) is 17.3 Å². The monoisotopic (exact) mass is 602 g/mol. The predicted molar refractivity (Wildman–Crippen MR) is 167 cm³/mol. The molecule has 3 unspecified atom stereocenters. The van der Waals surface area contributed by atoms with E-state index < -0.39 is 29.9 Å². The summed E-state index contributed by atoms with van der Waals surface area (Å²) in [7, 11) is 0. The van der Waals surface area contributed by atoms with E-state index in [9.17, 15) is 24.3 Å². The van der Waals surface area contributed by atoms with Gasteiger partial charge in [0.05, 0.1) is 0 Å². The Morgan fingerprint density at radius 2 is 1.49 bits per heavy atom. The molecule has 0 spiro atoms. The molecule has 0 radical (unpaired) electrons. The van der Waals surface area contributed by atoms with Gasteiger partial charge in [-0.1, -0.05) is 54.6 Å². The van der Waals surface area contributed by atoms with Crippen molar-refractivity contribution < 1.29 is 29.4 Å². The van der Waals surface area contributed by atoms with Crippen molar-refractivity contribution in [3.63, 3.8) is 0 Å². The van der Waals surface area contributed by atoms with E-state index in [-0.39, 0.29) is 24.7 Å². The van der Waals surface area contributed by atoms with Gasteiger partial charge in [-0.3, -0.25) is 14.4 Å². The number of likely N-dealkylation sites (tertiary alicyclic amines) is 1. The lowest BCUT2D eigenvalue weighted by Crippen LogP contribution is -2.51. The topological polar surface area (TPSA) is 148 Å². The highest BCUT2D eigenvalue weighted by Crippen LogP contribution is 2.33. The van der Waals surface area contributed by atoms with Crippen molar-refractivity contribution in [1.82, 2.24) is 10.2 Å². The number of rotatable bonds is 11. The molecule has 10 nitrogen and oxygen atoms in total. The molecule has 3 atom stereocenters. The van der Waals surface area contributed by atoms with Crippen LogP contribution in [0.3, 0.4) is 0 Å². The first kappa shape index (κ1) is 31.2. The Bertz CT molecular complexity index is 1460. The number of carboxylic acid groups (broad SMARTS) is 2. The largest absolute Gasteiger partial charge is 0.481 e. The summed E-state index contributed by atoms with van der Waals surface area (Å²) in [6.45, 7) is 1.74. The smallest absolute Gasteiger partial charge is 0.326 e. The van der Waals surface area contributed by atoms with Crippen molar-refractivity contribution in [2.75, 3.05) is 17.2 Å². The zero-order valence-corrected chi connectivity index (χ0v) is 24.5. The standard InChI is InChI=1S/C32H34N4O6S/c1-20(37)36-19-24(23-12-14-26(15-13-23)34-32(43)33-25-5-3-2-4-6-25)18-28(36)30(40)35-27(31(41)42)17-22-9-7-21(8-10-22)11-16-29(38)39/h2-10,12-15,24,27-28H,11,16-19H2,1H3,(H,35,40)(H,38,39)(H,41,42)(H2,33,34,43). The Balaban J connectivity index is 1.37. The Morgan fingerprint density at radius 3 is 2.07 bits per heavy atom. The van der Waals surface area contributed by atoms with Gasteiger partial charge in [-0.2, -0.15) is 0 Å². The van der Waals surface area contributed by atoms with E-state index in [1.807, 2.05) is 54.6 Å². The van der Waals surface area contributed by atoms with Crippen LogP contribution in [-0.4, -0.2) is 62.6 Å². The lowest BCUT2D eigenvalue weighted by atomic mass is 9.95. The fourth-order valence-corrected chi connectivity index (χ4v) is 5.36. The van der Waals surface area contributed by atoms with Crippen molar-refractivity contribution >= 4 is 52.5 Å². The SMILES string of the molecule is CC(=O)N1CC(c2ccc(NC(=S)Nc3ccccc3)cc2)CC1C(=O)NC(Cc1ccc(CCC(=O)O)cc1)C(=O)O. The van der Waals surface area contributed by atoms with E-state index in [1.165, 1.54) is 11.8 Å². The minimum absolute atomic E-state index is 0.00350. The summed E-state index contributed by atoms with van der Waals surface area (Å²) in [6, 6.07) is 22.2. The van der Waals surface area contributed by atoms with Gasteiger partial charge >= 0.3 is 11.9 Å². The van der Waals surface area contributed by atoms with Crippen LogP contribution in [0.4, 0.5) is 11.4 Å². The summed E-state index contributed by atoms with van der Waals surface area (Å²) >= 11 is 5.39. The molecule has 1 fully saturated rings. The summed E-state index contributed by atoms with van der Waals surface area (Å²) in [4.78, 5) is 50.1. The molecule has 2 amide bonds. The Kier molecular flexibility index (Phi) is 10.4. The molecule has 1 aliphatic heterocycles. The average molecular weight is 603 g/mol. The van der Waals surface area contributed by atoms with Gasteiger partial charge in [0.25, 0.3) is 0 Å². The molecule has 1 heterocycles. The lowest BCUT2D eigenvalue weighted by molar-refractivity contribution is -0.143. The van der Waals surface area contributed by atoms with Crippen molar-refractivity contribution in [3.8, 4) is 0 Å². The number of carboxylic acids is 2. The molecule has 43 heavy (non-hydrogen) atoms. The number of benzene rings is 3. The number of carbonyl (C=O) groups excluding carboxylic acids is 2. The van der Waals surface area contributed by atoms with Crippen LogP contribution in [0.5, 0.6) is 0 Å². The van der Waals surface area contributed by atoms with Gasteiger partial charge in [-0.05, 0) is 66.0 Å². The van der Waals surface area contributed by atoms with Gasteiger partial charge in [-0.25, -0.2) is 4.79 Å². The zero-order valence-electron chi connectivity index (χ0n) is 23.7. The van der Waals surface area contributed by atoms with Gasteiger partial charge in [0.15, 0.2) is 5.11 Å². The summed E-state index contributed by atoms with van der Waals surface area (Å²) in [6.07, 6.45) is 0.781. The maximum atomic E-state index is 13.3. The molecule has 0 saturated carbocycles. The van der Waals surface area contributed by atoms with Crippen LogP contribution in [0.25, 0.3) is 0 Å². The molecular formula is C32H34N4O6S. The number of aliphatic carboxylic acids is 2. The number of nitrogens with one attached hydrogen (secondary N) is 3. The third kappa shape index (κ3) is 8.86. The molecule has 1 aliphatic rings. The molecule has 11 heteroatoms. The second-order valence-electron chi connectivity index (χ2n) is 10.5. The Hall–Kier alpha value is -4.77. The average Bonchev–Trinajstić information content (AvgIpc) is 3.43. The van der Waals surface area contributed by atoms with Gasteiger partial charge in [0.2, 0.25) is 11.8 Å². The number of para-hydroxylation sites is 1. The first-order chi connectivity index (χ1) is 20.6. The van der Waals surface area contributed by atoms with E-state index in [0.29, 0.717) is 30.1 Å². The summed E-state index contributed by atoms with van der Waals surface area (Å²) in [5.74, 6) is -2.96. The molecule has 0 aliphatic carbocycles. The molecule has 4 rings (SSSR count). The van der Waals surface area contributed by atoms with Crippen LogP contribution in [0.15, 0.2) is 78.9 Å². The number of aryl methyl sites for hydroxylation is 1. The minimum Gasteiger partial charge on any atom is -0.481 e. The highest BCUT2D eigenvalue weighted by Gasteiger charge is 2.40. The van der Waals surface area contributed by atoms with E-state index in [2.05, 4.69) is 16.0 Å². The van der Waals surface area contributed by atoms with Crippen LogP contribution in [0.1, 0.15) is 42.4 Å². The summed E-state index contributed by atoms with van der Waals surface area (Å²) < 4.78 is 0. The van der Waals surface area contributed by atoms with Crippen LogP contribution in [0, 0.1) is 0 Å². The molecule has 3 aromatic carbocycles. The normalized spacial score (nSPS) is 16.6. The third-order valence-corrected chi connectivity index (χ3v) is 7.59. The fraction of sp³-hybridized carbons (Fsp3) is 0.281. The maximum absolute atomic E-state index is 13.3. The molecule has 1 saturated heterocycles.